The summed E-state index contributed by atoms with van der Waals surface area (Å²) in [5.41, 5.74) is 3.27. The fraction of sp³-hybridized carbons (Fsp3) is 0.250. The summed E-state index contributed by atoms with van der Waals surface area (Å²) >= 11 is 2.93. The van der Waals surface area contributed by atoms with Crippen molar-refractivity contribution in [2.24, 2.45) is 0 Å². The summed E-state index contributed by atoms with van der Waals surface area (Å²) in [6.45, 7) is 2.72. The Balaban J connectivity index is 1.42. The van der Waals surface area contributed by atoms with E-state index in [0.29, 0.717) is 0 Å². The molecule has 0 bridgehead atoms. The van der Waals surface area contributed by atoms with Crippen LogP contribution < -0.4 is 10.2 Å². The van der Waals surface area contributed by atoms with Gasteiger partial charge in [-0.2, -0.15) is 0 Å². The van der Waals surface area contributed by atoms with E-state index in [2.05, 4.69) is 21.6 Å². The van der Waals surface area contributed by atoms with Crippen LogP contribution in [0.25, 0.3) is 0 Å². The van der Waals surface area contributed by atoms with Gasteiger partial charge in [0, 0.05) is 17.9 Å². The molecular formula is C20H20N4OS2. The van der Waals surface area contributed by atoms with Gasteiger partial charge in [-0.05, 0) is 43.5 Å². The first-order valence-corrected chi connectivity index (χ1v) is 10.6. The first kappa shape index (κ1) is 18.0. The van der Waals surface area contributed by atoms with Crippen LogP contribution in [-0.2, 0) is 11.2 Å². The van der Waals surface area contributed by atoms with E-state index in [9.17, 15) is 4.79 Å². The number of amides is 1. The van der Waals surface area contributed by atoms with Crippen molar-refractivity contribution in [3.8, 4) is 0 Å². The van der Waals surface area contributed by atoms with E-state index in [0.717, 1.165) is 40.2 Å². The molecule has 0 saturated carbocycles. The molecule has 3 aromatic rings. The smallest absolute Gasteiger partial charge is 0.240 e. The third-order valence-electron chi connectivity index (χ3n) is 4.43. The molecule has 0 fully saturated rings. The Morgan fingerprint density at radius 3 is 2.78 bits per heavy atom. The normalized spacial score (nSPS) is 14.5. The Morgan fingerprint density at radius 1 is 1.15 bits per heavy atom. The van der Waals surface area contributed by atoms with Crippen LogP contribution in [0.4, 0.5) is 16.5 Å². The molecule has 1 amide bonds. The van der Waals surface area contributed by atoms with Crippen LogP contribution in [0.3, 0.4) is 0 Å². The highest BCUT2D eigenvalue weighted by molar-refractivity contribution is 8.02. The first-order chi connectivity index (χ1) is 13.2. The molecule has 0 radical (unpaired) electrons. The molecule has 1 atom stereocenters. The quantitative estimate of drug-likeness (QED) is 0.631. The number of anilines is 3. The van der Waals surface area contributed by atoms with Crippen molar-refractivity contribution >= 4 is 45.5 Å². The van der Waals surface area contributed by atoms with Crippen molar-refractivity contribution in [1.29, 1.82) is 0 Å². The number of benzene rings is 2. The summed E-state index contributed by atoms with van der Waals surface area (Å²) < 4.78 is 0.791. The summed E-state index contributed by atoms with van der Waals surface area (Å²) in [4.78, 5) is 14.9. The van der Waals surface area contributed by atoms with Crippen molar-refractivity contribution in [3.05, 3.63) is 60.2 Å². The number of rotatable bonds is 5. The lowest BCUT2D eigenvalue weighted by Gasteiger charge is -2.31. The third kappa shape index (κ3) is 4.14. The lowest BCUT2D eigenvalue weighted by Crippen LogP contribution is -2.40. The number of thioether (sulfide) groups is 1. The van der Waals surface area contributed by atoms with Gasteiger partial charge in [0.05, 0.1) is 5.25 Å². The van der Waals surface area contributed by atoms with Crippen LogP contribution in [0.5, 0.6) is 0 Å². The van der Waals surface area contributed by atoms with E-state index in [1.54, 1.807) is 0 Å². The van der Waals surface area contributed by atoms with Gasteiger partial charge in [-0.3, -0.25) is 4.79 Å². The highest BCUT2D eigenvalue weighted by atomic mass is 32.2. The lowest BCUT2D eigenvalue weighted by molar-refractivity contribution is -0.117. The van der Waals surface area contributed by atoms with Crippen LogP contribution in [-0.4, -0.2) is 27.9 Å². The van der Waals surface area contributed by atoms with Gasteiger partial charge in [0.15, 0.2) is 4.34 Å². The molecule has 4 rings (SSSR count). The van der Waals surface area contributed by atoms with Crippen molar-refractivity contribution in [2.75, 3.05) is 16.8 Å². The second-order valence-corrected chi connectivity index (χ2v) is 8.91. The fourth-order valence-corrected chi connectivity index (χ4v) is 5.11. The number of carbonyl (C=O) groups is 1. The second-order valence-electron chi connectivity index (χ2n) is 6.35. The molecule has 7 heteroatoms. The standard InChI is InChI=1S/C20H20N4OS2/c1-14(18(25)24-13-7-9-15-8-5-6-12-17(15)24)26-20-23-22-19(27-20)21-16-10-3-2-4-11-16/h2-6,8,10-12,14H,7,9,13H2,1H3,(H,21,22). The first-order valence-electron chi connectivity index (χ1n) is 8.92. The minimum atomic E-state index is -0.214. The molecule has 1 aliphatic heterocycles. The van der Waals surface area contributed by atoms with Gasteiger partial charge in [-0.25, -0.2) is 0 Å². The van der Waals surface area contributed by atoms with Gasteiger partial charge in [0.1, 0.15) is 0 Å². The number of nitrogens with one attached hydrogen (secondary N) is 1. The average molecular weight is 397 g/mol. The molecule has 27 heavy (non-hydrogen) atoms. The van der Waals surface area contributed by atoms with E-state index in [-0.39, 0.29) is 11.2 Å². The van der Waals surface area contributed by atoms with Gasteiger partial charge in [0.25, 0.3) is 0 Å². The molecule has 0 saturated heterocycles. The third-order valence-corrected chi connectivity index (χ3v) is 6.44. The SMILES string of the molecule is CC(Sc1nnc(Nc2ccccc2)s1)C(=O)N1CCCc2ccccc21. The van der Waals surface area contributed by atoms with Gasteiger partial charge in [-0.1, -0.05) is 59.5 Å². The van der Waals surface area contributed by atoms with E-state index in [1.165, 1.54) is 28.7 Å². The minimum Gasteiger partial charge on any atom is -0.330 e. The number of aromatic nitrogens is 2. The Bertz CT molecular complexity index is 928. The van der Waals surface area contributed by atoms with Crippen LogP contribution in [0.2, 0.25) is 0 Å². The highest BCUT2D eigenvalue weighted by Crippen LogP contribution is 2.33. The maximum absolute atomic E-state index is 13.0. The zero-order valence-electron chi connectivity index (χ0n) is 15.0. The number of carbonyl (C=O) groups excluding carboxylic acids is 1. The molecule has 2 aromatic carbocycles. The topological polar surface area (TPSA) is 58.1 Å². The predicted octanol–water partition coefficient (Wildman–Crippen LogP) is 4.74. The number of aryl methyl sites for hydroxylation is 1. The zero-order chi connectivity index (χ0) is 18.6. The molecule has 1 aromatic heterocycles. The summed E-state index contributed by atoms with van der Waals surface area (Å²) in [5.74, 6) is 0.125. The largest absolute Gasteiger partial charge is 0.330 e. The van der Waals surface area contributed by atoms with Crippen molar-refractivity contribution in [2.45, 2.75) is 29.4 Å². The van der Waals surface area contributed by atoms with Gasteiger partial charge in [0.2, 0.25) is 11.0 Å². The molecule has 138 valence electrons. The number of fused-ring (bicyclic) bond motifs is 1. The molecule has 2 heterocycles. The zero-order valence-corrected chi connectivity index (χ0v) is 16.6. The van der Waals surface area contributed by atoms with Crippen LogP contribution in [0, 0.1) is 0 Å². The average Bonchev–Trinajstić information content (AvgIpc) is 3.14. The van der Waals surface area contributed by atoms with Crippen molar-refractivity contribution in [3.63, 3.8) is 0 Å². The Morgan fingerprint density at radius 2 is 1.93 bits per heavy atom. The summed E-state index contributed by atoms with van der Waals surface area (Å²) in [6.07, 6.45) is 2.04. The lowest BCUT2D eigenvalue weighted by atomic mass is 10.0. The number of hydrogen-bond acceptors (Lipinski definition) is 6. The summed E-state index contributed by atoms with van der Waals surface area (Å²) in [7, 11) is 0. The molecule has 0 aliphatic carbocycles. The van der Waals surface area contributed by atoms with E-state index in [1.807, 2.05) is 60.4 Å². The van der Waals surface area contributed by atoms with Crippen LogP contribution >= 0.6 is 23.1 Å². The summed E-state index contributed by atoms with van der Waals surface area (Å²) in [5, 5.41) is 12.2. The van der Waals surface area contributed by atoms with E-state index < -0.39 is 0 Å². The Labute approximate surface area is 166 Å². The molecule has 0 spiro atoms. The second kappa shape index (κ2) is 8.10. The van der Waals surface area contributed by atoms with E-state index >= 15 is 0 Å². The molecule has 1 N–H and O–H groups in total. The molecule has 1 aliphatic rings. The molecular weight excluding hydrogens is 376 g/mol. The summed E-state index contributed by atoms with van der Waals surface area (Å²) in [6, 6.07) is 18.0. The van der Waals surface area contributed by atoms with Crippen LogP contribution in [0.1, 0.15) is 18.9 Å². The van der Waals surface area contributed by atoms with Gasteiger partial charge >= 0.3 is 0 Å². The Hall–Kier alpha value is -2.38. The Kier molecular flexibility index (Phi) is 5.40. The number of hydrogen-bond donors (Lipinski definition) is 1. The predicted molar refractivity (Wildman–Crippen MR) is 112 cm³/mol. The van der Waals surface area contributed by atoms with Gasteiger partial charge in [-0.15, -0.1) is 10.2 Å². The number of nitrogens with zero attached hydrogens (tertiary/aromatic N) is 3. The molecule has 1 unspecified atom stereocenters. The number of para-hydroxylation sites is 2. The minimum absolute atomic E-state index is 0.125. The molecule has 5 nitrogen and oxygen atoms in total. The monoisotopic (exact) mass is 396 g/mol. The highest BCUT2D eigenvalue weighted by Gasteiger charge is 2.27. The maximum Gasteiger partial charge on any atom is 0.240 e. The fourth-order valence-electron chi connectivity index (χ4n) is 3.14. The van der Waals surface area contributed by atoms with Crippen LogP contribution in [0.15, 0.2) is 58.9 Å². The van der Waals surface area contributed by atoms with Gasteiger partial charge < -0.3 is 10.2 Å². The van der Waals surface area contributed by atoms with E-state index in [4.69, 9.17) is 0 Å². The van der Waals surface area contributed by atoms with Crippen molar-refractivity contribution in [1.82, 2.24) is 10.2 Å². The van der Waals surface area contributed by atoms with Crippen molar-refractivity contribution < 1.29 is 4.79 Å². The maximum atomic E-state index is 13.0.